The number of hydrogen-bond donors (Lipinski definition) is 1. The van der Waals surface area contributed by atoms with E-state index in [1.165, 1.54) is 22.3 Å². The maximum absolute atomic E-state index is 12.0. The summed E-state index contributed by atoms with van der Waals surface area (Å²) in [6.07, 6.45) is 15.0. The zero-order valence-corrected chi connectivity index (χ0v) is 22.1. The Labute approximate surface area is 226 Å². The van der Waals surface area contributed by atoms with Crippen LogP contribution in [0.1, 0.15) is 46.7 Å². The third-order valence-electron chi connectivity index (χ3n) is 7.67. The van der Waals surface area contributed by atoms with Gasteiger partial charge in [0.1, 0.15) is 0 Å². The number of rotatable bonds is 9. The first kappa shape index (κ1) is 26.1. The molecule has 0 bridgehead atoms. The molecule has 1 aliphatic heterocycles. The molecule has 1 fully saturated rings. The van der Waals surface area contributed by atoms with Gasteiger partial charge in [0.05, 0.1) is 6.04 Å². The first-order valence-corrected chi connectivity index (χ1v) is 13.9. The van der Waals surface area contributed by atoms with Crippen LogP contribution in [-0.4, -0.2) is 60.0 Å². The molecule has 2 aliphatic rings. The molecule has 0 spiro atoms. The Bertz CT molecular complexity index is 1200. The summed E-state index contributed by atoms with van der Waals surface area (Å²) in [5, 5.41) is 3.00. The number of carbonyl (C=O) groups is 1. The molecule has 38 heavy (non-hydrogen) atoms. The molecule has 5 rings (SSSR count). The van der Waals surface area contributed by atoms with Crippen molar-refractivity contribution in [1.29, 1.82) is 0 Å². The maximum atomic E-state index is 12.0. The maximum Gasteiger partial charge on any atom is 0.243 e. The van der Waals surface area contributed by atoms with E-state index < -0.39 is 0 Å². The molecule has 1 aromatic heterocycles. The summed E-state index contributed by atoms with van der Waals surface area (Å²) in [4.78, 5) is 21.4. The summed E-state index contributed by atoms with van der Waals surface area (Å²) >= 11 is 0. The van der Waals surface area contributed by atoms with Crippen LogP contribution in [0.3, 0.4) is 0 Å². The van der Waals surface area contributed by atoms with Gasteiger partial charge in [0, 0.05) is 51.2 Å². The summed E-state index contributed by atoms with van der Waals surface area (Å²) in [6.45, 7) is 6.16. The Balaban J connectivity index is 1.05. The molecule has 0 unspecified atom stereocenters. The lowest BCUT2D eigenvalue weighted by Crippen LogP contribution is -2.48. The second-order valence-corrected chi connectivity index (χ2v) is 10.2. The third-order valence-corrected chi connectivity index (χ3v) is 7.67. The van der Waals surface area contributed by atoms with Crippen LogP contribution in [0.5, 0.6) is 0 Å². The smallest absolute Gasteiger partial charge is 0.243 e. The molecule has 2 heterocycles. The van der Waals surface area contributed by atoms with E-state index in [4.69, 9.17) is 0 Å². The fraction of sp³-hybridized carbons (Fsp3) is 0.333. The summed E-state index contributed by atoms with van der Waals surface area (Å²) in [5.41, 5.74) is 6.99. The van der Waals surface area contributed by atoms with Crippen molar-refractivity contribution in [3.63, 3.8) is 0 Å². The molecule has 1 saturated heterocycles. The Hall–Kier alpha value is -3.54. The van der Waals surface area contributed by atoms with E-state index in [9.17, 15) is 4.79 Å². The van der Waals surface area contributed by atoms with Gasteiger partial charge in [-0.15, -0.1) is 0 Å². The number of amides is 1. The molecule has 1 aliphatic carbocycles. The van der Waals surface area contributed by atoms with Crippen LogP contribution in [0.4, 0.5) is 0 Å². The van der Waals surface area contributed by atoms with Crippen LogP contribution < -0.4 is 5.32 Å². The number of nitrogens with zero attached hydrogens (tertiary/aromatic N) is 3. The molecule has 0 atom stereocenters. The number of pyridine rings is 1. The van der Waals surface area contributed by atoms with Crippen molar-refractivity contribution in [1.82, 2.24) is 20.1 Å². The van der Waals surface area contributed by atoms with Gasteiger partial charge in [-0.25, -0.2) is 0 Å². The van der Waals surface area contributed by atoms with Gasteiger partial charge in [0.2, 0.25) is 5.91 Å². The first-order valence-electron chi connectivity index (χ1n) is 13.9. The Morgan fingerprint density at radius 1 is 0.868 bits per heavy atom. The topological polar surface area (TPSA) is 48.5 Å². The minimum absolute atomic E-state index is 0.0431. The number of fused-ring (bicyclic) bond motifs is 2. The number of nitrogens with one attached hydrogen (secondary N) is 1. The first-order chi connectivity index (χ1) is 18.8. The second-order valence-electron chi connectivity index (χ2n) is 10.2. The summed E-state index contributed by atoms with van der Waals surface area (Å²) in [5.74, 6) is -0.0431. The monoisotopic (exact) mass is 506 g/mol. The Morgan fingerprint density at radius 2 is 1.58 bits per heavy atom. The average molecular weight is 507 g/mol. The molecule has 5 heteroatoms. The minimum Gasteiger partial charge on any atom is -0.353 e. The fourth-order valence-electron chi connectivity index (χ4n) is 5.65. The Morgan fingerprint density at radius 3 is 2.26 bits per heavy atom. The highest BCUT2D eigenvalue weighted by Gasteiger charge is 2.30. The van der Waals surface area contributed by atoms with Gasteiger partial charge in [-0.1, -0.05) is 72.8 Å². The number of hydrogen-bond acceptors (Lipinski definition) is 4. The average Bonchev–Trinajstić information content (AvgIpc) is 3.13. The van der Waals surface area contributed by atoms with E-state index in [0.717, 1.165) is 64.0 Å². The number of benzene rings is 2. The zero-order chi connectivity index (χ0) is 26.0. The molecule has 196 valence electrons. The van der Waals surface area contributed by atoms with Crippen molar-refractivity contribution >= 4 is 12.0 Å². The lowest BCUT2D eigenvalue weighted by Gasteiger charge is -2.40. The number of aryl methyl sites for hydroxylation is 2. The molecule has 0 saturated carbocycles. The van der Waals surface area contributed by atoms with E-state index in [1.54, 1.807) is 24.5 Å². The van der Waals surface area contributed by atoms with Gasteiger partial charge < -0.3 is 10.2 Å². The van der Waals surface area contributed by atoms with Crippen molar-refractivity contribution < 1.29 is 4.79 Å². The van der Waals surface area contributed by atoms with Gasteiger partial charge >= 0.3 is 0 Å². The number of piperazine rings is 1. The van der Waals surface area contributed by atoms with Gasteiger partial charge in [0.15, 0.2) is 0 Å². The van der Waals surface area contributed by atoms with E-state index in [-0.39, 0.29) is 5.91 Å². The molecule has 3 aromatic rings. The van der Waals surface area contributed by atoms with Crippen molar-refractivity contribution in [2.24, 2.45) is 0 Å². The Kier molecular flexibility index (Phi) is 9.14. The molecule has 1 amide bonds. The molecular formula is C33H38N4O. The van der Waals surface area contributed by atoms with Gasteiger partial charge in [-0.2, -0.15) is 0 Å². The van der Waals surface area contributed by atoms with Crippen molar-refractivity contribution in [3.05, 3.63) is 119 Å². The summed E-state index contributed by atoms with van der Waals surface area (Å²) in [7, 11) is 0. The van der Waals surface area contributed by atoms with Crippen molar-refractivity contribution in [2.75, 3.05) is 39.3 Å². The molecular weight excluding hydrogens is 468 g/mol. The fourth-order valence-corrected chi connectivity index (χ4v) is 5.65. The van der Waals surface area contributed by atoms with E-state index >= 15 is 0 Å². The second kappa shape index (κ2) is 13.3. The molecule has 0 radical (unpaired) electrons. The van der Waals surface area contributed by atoms with Crippen LogP contribution >= 0.6 is 0 Å². The van der Waals surface area contributed by atoms with E-state index in [2.05, 4.69) is 68.6 Å². The van der Waals surface area contributed by atoms with Crippen molar-refractivity contribution in [2.45, 2.75) is 31.7 Å². The van der Waals surface area contributed by atoms with Crippen LogP contribution in [-0.2, 0) is 17.6 Å². The predicted molar refractivity (Wildman–Crippen MR) is 155 cm³/mol. The van der Waals surface area contributed by atoms with Crippen LogP contribution in [0.15, 0.2) is 91.3 Å². The van der Waals surface area contributed by atoms with Gasteiger partial charge in [-0.05, 0) is 66.1 Å². The minimum atomic E-state index is -0.0431. The third kappa shape index (κ3) is 6.85. The normalized spacial score (nSPS) is 16.8. The standard InChI is InChI=1S/C33H38N4O/c38-32(16-6-1-10-27-11-9-19-34-26-27)35-20-7-8-21-36-22-24-37(25-23-36)33-30-14-4-2-12-28(30)17-18-29-13-3-5-15-31(29)33/h1-6,9-16,19,26,33H,7-8,17-18,20-25H2,(H,35,38)/b10-1+,16-6+. The van der Waals surface area contributed by atoms with Crippen LogP contribution in [0.2, 0.25) is 0 Å². The lowest BCUT2D eigenvalue weighted by molar-refractivity contribution is -0.116. The lowest BCUT2D eigenvalue weighted by atomic mass is 9.92. The van der Waals surface area contributed by atoms with E-state index in [1.807, 2.05) is 24.3 Å². The molecule has 2 aromatic carbocycles. The van der Waals surface area contributed by atoms with Crippen LogP contribution in [0, 0.1) is 0 Å². The van der Waals surface area contributed by atoms with Crippen molar-refractivity contribution in [3.8, 4) is 0 Å². The highest BCUT2D eigenvalue weighted by Crippen LogP contribution is 2.37. The van der Waals surface area contributed by atoms with E-state index in [0.29, 0.717) is 12.6 Å². The SMILES string of the molecule is O=C(/C=C/C=C/c1cccnc1)NCCCCN1CCN(C2c3ccccc3CCc3ccccc32)CC1. The van der Waals surface area contributed by atoms with Gasteiger partial charge in [-0.3, -0.25) is 14.7 Å². The molecule has 5 nitrogen and oxygen atoms in total. The molecule has 1 N–H and O–H groups in total. The quantitative estimate of drug-likeness (QED) is 0.251. The number of allylic oxidation sites excluding steroid dienone is 2. The zero-order valence-electron chi connectivity index (χ0n) is 22.1. The highest BCUT2D eigenvalue weighted by atomic mass is 16.1. The highest BCUT2D eigenvalue weighted by molar-refractivity contribution is 5.87. The number of unbranched alkanes of at least 4 members (excludes halogenated alkanes) is 1. The predicted octanol–water partition coefficient (Wildman–Crippen LogP) is 5.05. The number of carbonyl (C=O) groups excluding carboxylic acids is 1. The van der Waals surface area contributed by atoms with Gasteiger partial charge in [0.25, 0.3) is 0 Å². The largest absolute Gasteiger partial charge is 0.353 e. The number of aromatic nitrogens is 1. The van der Waals surface area contributed by atoms with Crippen LogP contribution in [0.25, 0.3) is 6.08 Å². The summed E-state index contributed by atoms with van der Waals surface area (Å²) < 4.78 is 0. The summed E-state index contributed by atoms with van der Waals surface area (Å²) in [6, 6.07) is 22.3.